The van der Waals surface area contributed by atoms with Crippen molar-refractivity contribution in [1.82, 2.24) is 19.9 Å². The average Bonchev–Trinajstić information content (AvgIpc) is 3.07. The van der Waals surface area contributed by atoms with Gasteiger partial charge in [0.1, 0.15) is 11.3 Å². The normalized spacial score (nSPS) is 17.0. The van der Waals surface area contributed by atoms with Crippen LogP contribution in [0.25, 0.3) is 0 Å². The van der Waals surface area contributed by atoms with Crippen LogP contribution in [0.5, 0.6) is 0 Å². The van der Waals surface area contributed by atoms with Crippen LogP contribution >= 0.6 is 0 Å². The van der Waals surface area contributed by atoms with Crippen molar-refractivity contribution in [3.63, 3.8) is 0 Å². The van der Waals surface area contributed by atoms with Crippen molar-refractivity contribution < 1.29 is 14.1 Å². The second-order valence-electron chi connectivity index (χ2n) is 7.18. The number of nitrogens with zero attached hydrogens (tertiary/aromatic N) is 4. The minimum absolute atomic E-state index is 0.0188. The van der Waals surface area contributed by atoms with Crippen LogP contribution < -0.4 is 0 Å². The molecule has 0 radical (unpaired) electrons. The number of aryl methyl sites for hydroxylation is 2. The van der Waals surface area contributed by atoms with Crippen molar-refractivity contribution in [3.8, 4) is 0 Å². The molecule has 0 spiro atoms. The summed E-state index contributed by atoms with van der Waals surface area (Å²) in [5.74, 6) is 0.652. The van der Waals surface area contributed by atoms with Gasteiger partial charge in [-0.1, -0.05) is 12.1 Å². The first-order valence-corrected chi connectivity index (χ1v) is 9.34. The molecule has 0 bridgehead atoms. The number of rotatable bonds is 4. The molecule has 0 aromatic carbocycles. The predicted octanol–water partition coefficient (Wildman–Crippen LogP) is 2.66. The first kappa shape index (κ1) is 19.1. The van der Waals surface area contributed by atoms with Crippen molar-refractivity contribution >= 4 is 11.8 Å². The first-order chi connectivity index (χ1) is 12.9. The molecule has 0 aliphatic carbocycles. The predicted molar refractivity (Wildman–Crippen MR) is 101 cm³/mol. The first-order valence-electron chi connectivity index (χ1n) is 9.34. The van der Waals surface area contributed by atoms with Crippen molar-refractivity contribution in [2.24, 2.45) is 0 Å². The number of hydrogen-bond acceptors (Lipinski definition) is 5. The van der Waals surface area contributed by atoms with E-state index in [0.29, 0.717) is 35.5 Å². The van der Waals surface area contributed by atoms with Crippen LogP contribution in [0, 0.1) is 6.92 Å². The Hall–Kier alpha value is -2.70. The Balaban J connectivity index is 1.75. The molecule has 0 unspecified atom stereocenters. The van der Waals surface area contributed by atoms with Crippen molar-refractivity contribution in [3.05, 3.63) is 46.6 Å². The van der Waals surface area contributed by atoms with Gasteiger partial charge >= 0.3 is 0 Å². The minimum atomic E-state index is -0.0653. The Morgan fingerprint density at radius 3 is 2.74 bits per heavy atom. The molecule has 1 aliphatic rings. The maximum absolute atomic E-state index is 13.0. The molecular weight excluding hydrogens is 344 g/mol. The highest BCUT2D eigenvalue weighted by molar-refractivity contribution is 5.96. The fourth-order valence-electron chi connectivity index (χ4n) is 3.53. The van der Waals surface area contributed by atoms with E-state index in [2.05, 4.69) is 10.1 Å². The number of amides is 2. The summed E-state index contributed by atoms with van der Waals surface area (Å²) in [6, 6.07) is 3.71. The Morgan fingerprint density at radius 1 is 1.33 bits per heavy atom. The van der Waals surface area contributed by atoms with E-state index in [1.807, 2.05) is 24.0 Å². The summed E-state index contributed by atoms with van der Waals surface area (Å²) < 4.78 is 5.22. The maximum Gasteiger partial charge on any atom is 0.259 e. The molecule has 3 heterocycles. The van der Waals surface area contributed by atoms with E-state index in [9.17, 15) is 9.59 Å². The monoisotopic (exact) mass is 370 g/mol. The molecule has 2 amide bonds. The standard InChI is InChI=1S/C20H26N4O3/c1-5-16-18(13(2)27-22-16)20(26)24-10-6-7-15(12-24)17-9-8-14(11-21-17)19(25)23(3)4/h8-9,11,15H,5-7,10,12H2,1-4H3/t15-/m1/s1. The summed E-state index contributed by atoms with van der Waals surface area (Å²) in [4.78, 5) is 32.9. The van der Waals surface area contributed by atoms with Gasteiger partial charge in [0.25, 0.3) is 11.8 Å². The molecule has 1 aliphatic heterocycles. The van der Waals surface area contributed by atoms with E-state index in [1.165, 1.54) is 4.90 Å². The third-order valence-corrected chi connectivity index (χ3v) is 5.05. The molecule has 1 fully saturated rings. The number of carbonyl (C=O) groups is 2. The summed E-state index contributed by atoms with van der Waals surface area (Å²) in [6.45, 7) is 5.08. The van der Waals surface area contributed by atoms with Crippen LogP contribution in [0.4, 0.5) is 0 Å². The van der Waals surface area contributed by atoms with Gasteiger partial charge in [-0.05, 0) is 38.3 Å². The van der Waals surface area contributed by atoms with Gasteiger partial charge in [-0.3, -0.25) is 14.6 Å². The molecule has 0 saturated carbocycles. The van der Waals surface area contributed by atoms with Gasteiger partial charge in [0.2, 0.25) is 0 Å². The highest BCUT2D eigenvalue weighted by Gasteiger charge is 2.30. The highest BCUT2D eigenvalue weighted by Crippen LogP contribution is 2.28. The zero-order valence-electron chi connectivity index (χ0n) is 16.4. The van der Waals surface area contributed by atoms with E-state index in [-0.39, 0.29) is 17.7 Å². The molecule has 144 valence electrons. The lowest BCUT2D eigenvalue weighted by Crippen LogP contribution is -2.39. The van der Waals surface area contributed by atoms with E-state index < -0.39 is 0 Å². The number of pyridine rings is 1. The summed E-state index contributed by atoms with van der Waals surface area (Å²) in [5.41, 5.74) is 2.79. The van der Waals surface area contributed by atoms with E-state index in [0.717, 1.165) is 25.1 Å². The third-order valence-electron chi connectivity index (χ3n) is 5.05. The number of hydrogen-bond donors (Lipinski definition) is 0. The van der Waals surface area contributed by atoms with Crippen LogP contribution in [0.1, 0.15) is 63.5 Å². The topological polar surface area (TPSA) is 79.5 Å². The highest BCUT2D eigenvalue weighted by atomic mass is 16.5. The second kappa shape index (κ2) is 7.90. The largest absolute Gasteiger partial charge is 0.361 e. The molecule has 27 heavy (non-hydrogen) atoms. The van der Waals surface area contributed by atoms with Gasteiger partial charge in [0, 0.05) is 45.0 Å². The number of aromatic nitrogens is 2. The van der Waals surface area contributed by atoms with Gasteiger partial charge in [0.15, 0.2) is 0 Å². The summed E-state index contributed by atoms with van der Waals surface area (Å²) in [5, 5.41) is 4.00. The summed E-state index contributed by atoms with van der Waals surface area (Å²) in [7, 11) is 3.44. The quantitative estimate of drug-likeness (QED) is 0.827. The molecule has 0 N–H and O–H groups in total. The summed E-state index contributed by atoms with van der Waals surface area (Å²) >= 11 is 0. The lowest BCUT2D eigenvalue weighted by Gasteiger charge is -2.32. The van der Waals surface area contributed by atoms with Crippen LogP contribution in [0.2, 0.25) is 0 Å². The van der Waals surface area contributed by atoms with Gasteiger partial charge in [0.05, 0.1) is 11.3 Å². The Kier molecular flexibility index (Phi) is 5.58. The van der Waals surface area contributed by atoms with Crippen molar-refractivity contribution in [2.45, 2.75) is 39.0 Å². The fourth-order valence-corrected chi connectivity index (χ4v) is 3.53. The Bertz CT molecular complexity index is 826. The lowest BCUT2D eigenvalue weighted by atomic mass is 9.93. The van der Waals surface area contributed by atoms with Gasteiger partial charge in [-0.2, -0.15) is 0 Å². The van der Waals surface area contributed by atoms with E-state index in [1.54, 1.807) is 27.2 Å². The molecule has 2 aromatic rings. The molecule has 7 nitrogen and oxygen atoms in total. The minimum Gasteiger partial charge on any atom is -0.361 e. The second-order valence-corrected chi connectivity index (χ2v) is 7.18. The molecule has 3 rings (SSSR count). The third kappa shape index (κ3) is 3.86. The number of likely N-dealkylation sites (tertiary alicyclic amines) is 1. The number of piperidine rings is 1. The van der Waals surface area contributed by atoms with Gasteiger partial charge in [-0.15, -0.1) is 0 Å². The van der Waals surface area contributed by atoms with Gasteiger partial charge < -0.3 is 14.3 Å². The molecule has 2 aromatic heterocycles. The smallest absolute Gasteiger partial charge is 0.259 e. The van der Waals surface area contributed by atoms with Crippen molar-refractivity contribution in [2.75, 3.05) is 27.2 Å². The zero-order chi connectivity index (χ0) is 19.6. The molecule has 1 saturated heterocycles. The zero-order valence-corrected chi connectivity index (χ0v) is 16.4. The van der Waals surface area contributed by atoms with Crippen LogP contribution in [-0.4, -0.2) is 58.9 Å². The number of carbonyl (C=O) groups excluding carboxylic acids is 2. The molecule has 7 heteroatoms. The van der Waals surface area contributed by atoms with Crippen molar-refractivity contribution in [1.29, 1.82) is 0 Å². The fraction of sp³-hybridized carbons (Fsp3) is 0.500. The van der Waals surface area contributed by atoms with Crippen LogP contribution in [0.3, 0.4) is 0 Å². The van der Waals surface area contributed by atoms with Crippen LogP contribution in [-0.2, 0) is 6.42 Å². The average molecular weight is 370 g/mol. The summed E-state index contributed by atoms with van der Waals surface area (Å²) in [6.07, 6.45) is 4.18. The molecular formula is C20H26N4O3. The van der Waals surface area contributed by atoms with E-state index >= 15 is 0 Å². The Labute approximate surface area is 159 Å². The lowest BCUT2D eigenvalue weighted by molar-refractivity contribution is 0.0703. The molecule has 1 atom stereocenters. The Morgan fingerprint density at radius 2 is 2.11 bits per heavy atom. The SMILES string of the molecule is CCc1noc(C)c1C(=O)N1CCC[C@@H](c2ccc(C(=O)N(C)C)cn2)C1. The van der Waals surface area contributed by atoms with E-state index in [4.69, 9.17) is 4.52 Å². The van der Waals surface area contributed by atoms with Gasteiger partial charge in [-0.25, -0.2) is 0 Å². The van der Waals surface area contributed by atoms with Crippen LogP contribution in [0.15, 0.2) is 22.9 Å². The maximum atomic E-state index is 13.0.